The summed E-state index contributed by atoms with van der Waals surface area (Å²) in [6.07, 6.45) is 0. The van der Waals surface area contributed by atoms with Crippen LogP contribution in [0.1, 0.15) is 10.4 Å². The maximum atomic E-state index is 12.8. The second kappa shape index (κ2) is 7.73. The van der Waals surface area contributed by atoms with Crippen LogP contribution in [-0.2, 0) is 9.53 Å². The van der Waals surface area contributed by atoms with E-state index in [9.17, 15) is 14.0 Å². The molecule has 0 fully saturated rings. The Kier molecular flexibility index (Phi) is 5.70. The van der Waals surface area contributed by atoms with Crippen LogP contribution in [0.25, 0.3) is 0 Å². The SMILES string of the molecule is COc1ccc(C(=O)OCC(=O)Nc2ccc(F)cc2)cc1Br. The van der Waals surface area contributed by atoms with Crippen molar-refractivity contribution in [3.63, 3.8) is 0 Å². The van der Waals surface area contributed by atoms with Crippen LogP contribution in [-0.4, -0.2) is 25.6 Å². The summed E-state index contributed by atoms with van der Waals surface area (Å²) in [4.78, 5) is 23.6. The number of carbonyl (C=O) groups excluding carboxylic acids is 2. The Morgan fingerprint density at radius 2 is 1.87 bits per heavy atom. The molecular weight excluding hydrogens is 369 g/mol. The van der Waals surface area contributed by atoms with Crippen molar-refractivity contribution in [1.82, 2.24) is 0 Å². The second-order valence-electron chi connectivity index (χ2n) is 4.48. The van der Waals surface area contributed by atoms with Crippen molar-refractivity contribution in [3.8, 4) is 5.75 Å². The number of anilines is 1. The molecule has 0 atom stereocenters. The summed E-state index contributed by atoms with van der Waals surface area (Å²) in [5, 5.41) is 2.49. The minimum Gasteiger partial charge on any atom is -0.496 e. The van der Waals surface area contributed by atoms with Crippen molar-refractivity contribution in [3.05, 3.63) is 58.3 Å². The first kappa shape index (κ1) is 17.0. The van der Waals surface area contributed by atoms with Crippen LogP contribution in [0.5, 0.6) is 5.75 Å². The Balaban J connectivity index is 1.89. The van der Waals surface area contributed by atoms with Gasteiger partial charge in [-0.15, -0.1) is 0 Å². The third-order valence-corrected chi connectivity index (χ3v) is 3.47. The van der Waals surface area contributed by atoms with Crippen LogP contribution in [0.4, 0.5) is 10.1 Å². The lowest BCUT2D eigenvalue weighted by molar-refractivity contribution is -0.119. The van der Waals surface area contributed by atoms with Crippen LogP contribution >= 0.6 is 15.9 Å². The number of halogens is 2. The van der Waals surface area contributed by atoms with Gasteiger partial charge < -0.3 is 14.8 Å². The van der Waals surface area contributed by atoms with Crippen LogP contribution in [0.3, 0.4) is 0 Å². The highest BCUT2D eigenvalue weighted by Gasteiger charge is 2.12. The van der Waals surface area contributed by atoms with Gasteiger partial charge in [-0.1, -0.05) is 0 Å². The van der Waals surface area contributed by atoms with Crippen molar-refractivity contribution < 1.29 is 23.5 Å². The van der Waals surface area contributed by atoms with E-state index in [-0.39, 0.29) is 5.56 Å². The Bertz CT molecular complexity index is 719. The number of carbonyl (C=O) groups is 2. The lowest BCUT2D eigenvalue weighted by Gasteiger charge is -2.08. The number of nitrogens with one attached hydrogen (secondary N) is 1. The van der Waals surface area contributed by atoms with Gasteiger partial charge >= 0.3 is 5.97 Å². The first-order valence-electron chi connectivity index (χ1n) is 6.55. The van der Waals surface area contributed by atoms with Gasteiger partial charge in [0, 0.05) is 5.69 Å². The summed E-state index contributed by atoms with van der Waals surface area (Å²) < 4.78 is 23.4. The smallest absolute Gasteiger partial charge is 0.338 e. The summed E-state index contributed by atoms with van der Waals surface area (Å²) >= 11 is 3.26. The van der Waals surface area contributed by atoms with E-state index in [1.807, 2.05) is 0 Å². The quantitative estimate of drug-likeness (QED) is 0.806. The molecule has 0 aliphatic heterocycles. The molecule has 5 nitrogen and oxygen atoms in total. The van der Waals surface area contributed by atoms with Crippen molar-refractivity contribution >= 4 is 33.5 Å². The molecule has 0 heterocycles. The van der Waals surface area contributed by atoms with Crippen LogP contribution in [0.15, 0.2) is 46.9 Å². The molecule has 0 spiro atoms. The van der Waals surface area contributed by atoms with E-state index in [0.717, 1.165) is 0 Å². The summed E-state index contributed by atoms with van der Waals surface area (Å²) in [7, 11) is 1.51. The van der Waals surface area contributed by atoms with E-state index in [1.54, 1.807) is 12.1 Å². The van der Waals surface area contributed by atoms with E-state index in [0.29, 0.717) is 15.9 Å². The van der Waals surface area contributed by atoms with Gasteiger partial charge in [0.25, 0.3) is 5.91 Å². The monoisotopic (exact) mass is 381 g/mol. The van der Waals surface area contributed by atoms with Crippen LogP contribution in [0, 0.1) is 5.82 Å². The molecule has 0 aliphatic carbocycles. The number of methoxy groups -OCH3 is 1. The highest BCUT2D eigenvalue weighted by molar-refractivity contribution is 9.10. The number of hydrogen-bond donors (Lipinski definition) is 1. The molecule has 0 bridgehead atoms. The molecule has 0 unspecified atom stereocenters. The Labute approximate surface area is 140 Å². The Morgan fingerprint density at radius 3 is 2.48 bits per heavy atom. The molecule has 1 amide bonds. The van der Waals surface area contributed by atoms with Gasteiger partial charge in [-0.2, -0.15) is 0 Å². The third-order valence-electron chi connectivity index (χ3n) is 2.85. The largest absolute Gasteiger partial charge is 0.496 e. The predicted octanol–water partition coefficient (Wildman–Crippen LogP) is 3.39. The lowest BCUT2D eigenvalue weighted by atomic mass is 10.2. The van der Waals surface area contributed by atoms with E-state index in [4.69, 9.17) is 9.47 Å². The van der Waals surface area contributed by atoms with Gasteiger partial charge in [-0.3, -0.25) is 4.79 Å². The lowest BCUT2D eigenvalue weighted by Crippen LogP contribution is -2.20. The maximum absolute atomic E-state index is 12.8. The fourth-order valence-electron chi connectivity index (χ4n) is 1.74. The summed E-state index contributed by atoms with van der Waals surface area (Å²) in [5.74, 6) is -0.977. The van der Waals surface area contributed by atoms with Gasteiger partial charge in [0.15, 0.2) is 6.61 Å². The van der Waals surface area contributed by atoms with Gasteiger partial charge in [0.2, 0.25) is 0 Å². The summed E-state index contributed by atoms with van der Waals surface area (Å²) in [6, 6.07) is 9.94. The molecule has 2 aromatic rings. The molecule has 0 aliphatic rings. The van der Waals surface area contributed by atoms with Crippen molar-refractivity contribution in [2.24, 2.45) is 0 Å². The van der Waals surface area contributed by atoms with Crippen LogP contribution in [0.2, 0.25) is 0 Å². The first-order valence-corrected chi connectivity index (χ1v) is 7.35. The average molecular weight is 382 g/mol. The van der Waals surface area contributed by atoms with E-state index in [2.05, 4.69) is 21.2 Å². The molecule has 2 aromatic carbocycles. The first-order chi connectivity index (χ1) is 11.0. The predicted molar refractivity (Wildman–Crippen MR) is 86.0 cm³/mol. The zero-order valence-electron chi connectivity index (χ0n) is 12.1. The van der Waals surface area contributed by atoms with Gasteiger partial charge in [0.05, 0.1) is 17.1 Å². The second-order valence-corrected chi connectivity index (χ2v) is 5.33. The van der Waals surface area contributed by atoms with Crippen molar-refractivity contribution in [2.45, 2.75) is 0 Å². The Morgan fingerprint density at radius 1 is 1.17 bits per heavy atom. The minimum absolute atomic E-state index is 0.284. The number of esters is 1. The minimum atomic E-state index is -0.636. The molecule has 7 heteroatoms. The number of ether oxygens (including phenoxy) is 2. The average Bonchev–Trinajstić information content (AvgIpc) is 2.54. The highest BCUT2D eigenvalue weighted by Crippen LogP contribution is 2.25. The zero-order valence-corrected chi connectivity index (χ0v) is 13.7. The van der Waals surface area contributed by atoms with E-state index in [1.165, 1.54) is 37.4 Å². The zero-order chi connectivity index (χ0) is 16.8. The molecule has 0 aromatic heterocycles. The highest BCUT2D eigenvalue weighted by atomic mass is 79.9. The number of amides is 1. The molecule has 0 saturated heterocycles. The van der Waals surface area contributed by atoms with E-state index >= 15 is 0 Å². The standard InChI is InChI=1S/C16H13BrFNO4/c1-22-14-7-2-10(8-13(14)17)16(21)23-9-15(20)19-12-5-3-11(18)4-6-12/h2-8H,9H2,1H3,(H,19,20). The number of rotatable bonds is 5. The topological polar surface area (TPSA) is 64.6 Å². The van der Waals surface area contributed by atoms with Crippen LogP contribution < -0.4 is 10.1 Å². The molecule has 120 valence electrons. The van der Waals surface area contributed by atoms with Gasteiger partial charge in [-0.05, 0) is 58.4 Å². The molecular formula is C16H13BrFNO4. The molecule has 0 saturated carbocycles. The fourth-order valence-corrected chi connectivity index (χ4v) is 2.28. The van der Waals surface area contributed by atoms with Gasteiger partial charge in [-0.25, -0.2) is 9.18 Å². The Hall–Kier alpha value is -2.41. The molecule has 23 heavy (non-hydrogen) atoms. The number of benzene rings is 2. The molecule has 0 radical (unpaired) electrons. The summed E-state index contributed by atoms with van der Waals surface area (Å²) in [5.41, 5.74) is 0.701. The van der Waals surface area contributed by atoms with Crippen molar-refractivity contribution in [2.75, 3.05) is 19.0 Å². The maximum Gasteiger partial charge on any atom is 0.338 e. The summed E-state index contributed by atoms with van der Waals surface area (Å²) in [6.45, 7) is -0.445. The molecule has 1 N–H and O–H groups in total. The number of hydrogen-bond acceptors (Lipinski definition) is 4. The van der Waals surface area contributed by atoms with Crippen molar-refractivity contribution in [1.29, 1.82) is 0 Å². The third kappa shape index (κ3) is 4.79. The van der Waals surface area contributed by atoms with E-state index < -0.39 is 24.3 Å². The van der Waals surface area contributed by atoms with Gasteiger partial charge in [0.1, 0.15) is 11.6 Å². The molecule has 2 rings (SSSR count). The normalized spacial score (nSPS) is 10.0. The fraction of sp³-hybridized carbons (Fsp3) is 0.125.